The van der Waals surface area contributed by atoms with Crippen LogP contribution in [0.2, 0.25) is 0 Å². The summed E-state index contributed by atoms with van der Waals surface area (Å²) in [6.07, 6.45) is 3.89. The number of ether oxygens (including phenoxy) is 1. The summed E-state index contributed by atoms with van der Waals surface area (Å²) in [6.45, 7) is 0. The molecule has 0 saturated heterocycles. The fraction of sp³-hybridized carbons (Fsp3) is 0.750. The molecule has 0 aromatic heterocycles. The summed E-state index contributed by atoms with van der Waals surface area (Å²) in [6, 6.07) is 0.241. The number of halogens is 1. The Morgan fingerprint density at radius 2 is 2.11 bits per heavy atom. The molecule has 0 unspecified atom stereocenters. The molecule has 3 nitrogen and oxygen atoms in total. The Labute approximate surface area is 62.3 Å². The minimum absolute atomic E-state index is 0.0606. The SMILES string of the molecule is CO/C(N=S(C)C)=N\Cl. The highest BCUT2D eigenvalue weighted by Crippen LogP contribution is 1.88. The molecule has 0 aliphatic rings. The molecule has 0 aromatic rings. The first-order chi connectivity index (χ1) is 4.20. The first kappa shape index (κ1) is 8.91. The van der Waals surface area contributed by atoms with Gasteiger partial charge in [0, 0.05) is 11.8 Å². The van der Waals surface area contributed by atoms with Gasteiger partial charge in [-0.3, -0.25) is 0 Å². The molecule has 0 heterocycles. The van der Waals surface area contributed by atoms with Crippen molar-refractivity contribution in [3.63, 3.8) is 0 Å². The van der Waals surface area contributed by atoms with Gasteiger partial charge in [-0.05, 0) is 12.5 Å². The van der Waals surface area contributed by atoms with Crippen molar-refractivity contribution in [2.45, 2.75) is 0 Å². The van der Waals surface area contributed by atoms with Crippen LogP contribution in [0.4, 0.5) is 0 Å². The number of rotatable bonds is 0. The second kappa shape index (κ2) is 4.76. The van der Waals surface area contributed by atoms with Crippen LogP contribution in [0, 0.1) is 0 Å². The average Bonchev–Trinajstić information content (AvgIpc) is 1.82. The maximum absolute atomic E-state index is 5.09. The molecule has 54 valence electrons. The quantitative estimate of drug-likeness (QED) is 0.396. The number of hydrogen-bond donors (Lipinski definition) is 0. The number of amidine groups is 1. The van der Waals surface area contributed by atoms with Crippen LogP contribution in [0.5, 0.6) is 0 Å². The van der Waals surface area contributed by atoms with E-state index in [1.807, 2.05) is 12.5 Å². The highest BCUT2D eigenvalue weighted by atomic mass is 35.5. The third-order valence-corrected chi connectivity index (χ3v) is 1.18. The summed E-state index contributed by atoms with van der Waals surface area (Å²) in [4.78, 5) is 0. The van der Waals surface area contributed by atoms with Crippen LogP contribution in [0.1, 0.15) is 0 Å². The van der Waals surface area contributed by atoms with Crippen molar-refractivity contribution in [2.75, 3.05) is 19.6 Å². The van der Waals surface area contributed by atoms with Gasteiger partial charge in [0.05, 0.1) is 7.11 Å². The zero-order valence-electron chi connectivity index (χ0n) is 5.59. The van der Waals surface area contributed by atoms with Crippen molar-refractivity contribution in [2.24, 2.45) is 8.87 Å². The topological polar surface area (TPSA) is 34.0 Å². The largest absolute Gasteiger partial charge is 0.466 e. The molecular weight excluding hydrogens is 160 g/mol. The van der Waals surface area contributed by atoms with E-state index in [1.165, 1.54) is 7.11 Å². The molecule has 9 heavy (non-hydrogen) atoms. The van der Waals surface area contributed by atoms with Crippen molar-refractivity contribution >= 4 is 28.5 Å². The predicted molar refractivity (Wildman–Crippen MR) is 41.9 cm³/mol. The van der Waals surface area contributed by atoms with E-state index in [1.54, 1.807) is 0 Å². The second-order valence-electron chi connectivity index (χ2n) is 1.44. The maximum atomic E-state index is 5.09. The highest BCUT2D eigenvalue weighted by molar-refractivity contribution is 7.86. The van der Waals surface area contributed by atoms with Crippen LogP contribution in [0.15, 0.2) is 8.87 Å². The van der Waals surface area contributed by atoms with E-state index in [9.17, 15) is 0 Å². The van der Waals surface area contributed by atoms with Gasteiger partial charge in [0.25, 0.3) is 0 Å². The van der Waals surface area contributed by atoms with E-state index in [2.05, 4.69) is 13.6 Å². The maximum Gasteiger partial charge on any atom is 0.334 e. The van der Waals surface area contributed by atoms with Crippen LogP contribution in [0.3, 0.4) is 0 Å². The van der Waals surface area contributed by atoms with Gasteiger partial charge in [0.1, 0.15) is 0 Å². The summed E-state index contributed by atoms with van der Waals surface area (Å²) < 4.78 is 11.9. The van der Waals surface area contributed by atoms with Crippen molar-refractivity contribution in [1.82, 2.24) is 0 Å². The third-order valence-electron chi connectivity index (χ3n) is 0.516. The van der Waals surface area contributed by atoms with Crippen molar-refractivity contribution in [3.05, 3.63) is 0 Å². The molecule has 0 rings (SSSR count). The smallest absolute Gasteiger partial charge is 0.334 e. The van der Waals surface area contributed by atoms with Gasteiger partial charge >= 0.3 is 6.02 Å². The molecule has 0 bridgehead atoms. The molecule has 0 aliphatic carbocycles. The minimum Gasteiger partial charge on any atom is -0.466 e. The van der Waals surface area contributed by atoms with Crippen molar-refractivity contribution in [1.29, 1.82) is 0 Å². The highest BCUT2D eigenvalue weighted by Gasteiger charge is 1.89. The lowest BCUT2D eigenvalue weighted by molar-refractivity contribution is 0.399. The number of nitrogens with zero attached hydrogens (tertiary/aromatic N) is 2. The van der Waals surface area contributed by atoms with Crippen LogP contribution in [0.25, 0.3) is 0 Å². The molecule has 0 fully saturated rings. The molecule has 0 spiro atoms. The Hall–Kier alpha value is -0.0900. The normalized spacial score (nSPS) is 11.9. The fourth-order valence-electron chi connectivity index (χ4n) is 0.243. The summed E-state index contributed by atoms with van der Waals surface area (Å²) in [5.41, 5.74) is 0. The summed E-state index contributed by atoms with van der Waals surface area (Å²) in [5.74, 6) is 0. The first-order valence-electron chi connectivity index (χ1n) is 2.23. The molecule has 5 heteroatoms. The Morgan fingerprint density at radius 1 is 1.56 bits per heavy atom. The van der Waals surface area contributed by atoms with E-state index in [4.69, 9.17) is 11.8 Å². The van der Waals surface area contributed by atoms with Crippen molar-refractivity contribution < 1.29 is 4.74 Å². The molecular formula is C4H9ClN2OS. The lowest BCUT2D eigenvalue weighted by Crippen LogP contribution is -1.96. The van der Waals surface area contributed by atoms with Gasteiger partial charge in [-0.1, -0.05) is 10.7 Å². The van der Waals surface area contributed by atoms with Crippen LogP contribution in [-0.4, -0.2) is 25.6 Å². The minimum atomic E-state index is -0.0606. The molecule has 0 radical (unpaired) electrons. The monoisotopic (exact) mass is 168 g/mol. The summed E-state index contributed by atoms with van der Waals surface area (Å²) >= 11 is 5.09. The Kier molecular flexibility index (Phi) is 4.71. The molecule has 0 saturated carbocycles. The summed E-state index contributed by atoms with van der Waals surface area (Å²) in [7, 11) is 1.42. The molecule has 0 amide bonds. The second-order valence-corrected chi connectivity index (χ2v) is 3.33. The Bertz CT molecular complexity index is 142. The standard InChI is InChI=1S/C4H9ClN2OS/c1-8-4(6-5)7-9(2)3/h1-3H3/b6-4-. The van der Waals surface area contributed by atoms with Crippen LogP contribution >= 0.6 is 11.8 Å². The van der Waals surface area contributed by atoms with Gasteiger partial charge < -0.3 is 4.74 Å². The third kappa shape index (κ3) is 4.42. The zero-order chi connectivity index (χ0) is 7.28. The van der Waals surface area contributed by atoms with E-state index in [0.29, 0.717) is 0 Å². The van der Waals surface area contributed by atoms with E-state index in [-0.39, 0.29) is 16.7 Å². The van der Waals surface area contributed by atoms with E-state index >= 15 is 0 Å². The lowest BCUT2D eigenvalue weighted by atomic mass is 11.2. The van der Waals surface area contributed by atoms with E-state index < -0.39 is 0 Å². The zero-order valence-corrected chi connectivity index (χ0v) is 7.16. The number of hydrogen-bond acceptors (Lipinski definition) is 2. The summed E-state index contributed by atoms with van der Waals surface area (Å²) in [5, 5.41) is 0. The van der Waals surface area contributed by atoms with E-state index in [0.717, 1.165) is 0 Å². The van der Waals surface area contributed by atoms with Gasteiger partial charge in [-0.15, -0.1) is 4.51 Å². The molecule has 0 atom stereocenters. The average molecular weight is 169 g/mol. The Balaban J connectivity index is 4.01. The van der Waals surface area contributed by atoms with Gasteiger partial charge in [-0.25, -0.2) is 0 Å². The molecule has 0 N–H and O–H groups in total. The fourth-order valence-corrected chi connectivity index (χ4v) is 0.823. The van der Waals surface area contributed by atoms with Gasteiger partial charge in [0.2, 0.25) is 0 Å². The van der Waals surface area contributed by atoms with Crippen LogP contribution < -0.4 is 0 Å². The van der Waals surface area contributed by atoms with Gasteiger partial charge in [-0.2, -0.15) is 4.36 Å². The first-order valence-corrected chi connectivity index (χ1v) is 4.56. The number of methoxy groups -OCH3 is 1. The van der Waals surface area contributed by atoms with Crippen LogP contribution in [-0.2, 0) is 15.4 Å². The lowest BCUT2D eigenvalue weighted by Gasteiger charge is -1.94. The molecule has 0 aromatic carbocycles. The van der Waals surface area contributed by atoms with Gasteiger partial charge in [0.15, 0.2) is 0 Å². The molecule has 0 aliphatic heterocycles. The van der Waals surface area contributed by atoms with Crippen molar-refractivity contribution in [3.8, 4) is 0 Å². The Morgan fingerprint density at radius 3 is 2.22 bits per heavy atom. The predicted octanol–water partition coefficient (Wildman–Crippen LogP) is 1.20.